The van der Waals surface area contributed by atoms with Gasteiger partial charge in [0, 0.05) is 42.2 Å². The quantitative estimate of drug-likeness (QED) is 0.0276. The smallest absolute Gasteiger partial charge is 0.0665 e. The summed E-state index contributed by atoms with van der Waals surface area (Å²) in [4.78, 5) is 11.0. The minimum absolute atomic E-state index is 0. The van der Waals surface area contributed by atoms with E-state index in [0.29, 0.717) is 0 Å². The maximum absolute atomic E-state index is 5.51. The number of rotatable bonds is 39. The van der Waals surface area contributed by atoms with Crippen LogP contribution in [0.2, 0.25) is 0 Å². The van der Waals surface area contributed by atoms with Crippen LogP contribution in [0, 0.1) is 23.7 Å². The Labute approximate surface area is 402 Å². The third-order valence-corrected chi connectivity index (χ3v) is 12.4. The molecule has 0 radical (unpaired) electrons. The molecule has 2 nitrogen and oxygen atoms in total. The van der Waals surface area contributed by atoms with Gasteiger partial charge >= 0.3 is 0 Å². The summed E-state index contributed by atoms with van der Waals surface area (Å²) in [5, 5.41) is 0. The number of nitrogens with zero attached hydrogens (tertiary/aromatic N) is 2. The molecular weight excluding hydrogens is 807 g/mol. The number of para-hydroxylation sites is 2. The summed E-state index contributed by atoms with van der Waals surface area (Å²) in [5.41, 5.74) is 7.29. The van der Waals surface area contributed by atoms with Crippen LogP contribution in [0.25, 0.3) is 0 Å². The predicted molar refractivity (Wildman–Crippen MR) is 279 cm³/mol. The molecule has 0 aliphatic carbocycles. The minimum atomic E-state index is 0. The molecule has 0 fully saturated rings. The predicted octanol–water partition coefficient (Wildman–Crippen LogP) is 19.7. The third kappa shape index (κ3) is 32.7. The maximum atomic E-state index is 5.51. The summed E-state index contributed by atoms with van der Waals surface area (Å²) < 4.78 is 0. The topological polar surface area (TPSA) is 24.7 Å². The van der Waals surface area contributed by atoms with Crippen molar-refractivity contribution in [3.63, 3.8) is 0 Å². The van der Waals surface area contributed by atoms with Crippen molar-refractivity contribution in [2.75, 3.05) is 0 Å². The van der Waals surface area contributed by atoms with E-state index in [2.05, 4.69) is 99.9 Å². The first-order valence-electron chi connectivity index (χ1n) is 27.0. The van der Waals surface area contributed by atoms with Crippen LogP contribution < -0.4 is 0 Å². The normalized spacial score (nSPS) is 11.5. The Morgan fingerprint density at radius 2 is 0.619 bits per heavy atom. The zero-order chi connectivity index (χ0) is 44.2. The van der Waals surface area contributed by atoms with Gasteiger partial charge in [-0.3, -0.25) is 9.98 Å². The molecule has 0 unspecified atom stereocenters. The van der Waals surface area contributed by atoms with Crippen LogP contribution in [0.3, 0.4) is 0 Å². The number of unbranched alkanes of at least 4 members (excludes halogenated alkanes) is 28. The molecular formula is C60H96N2Ni. The van der Waals surface area contributed by atoms with E-state index in [9.17, 15) is 0 Å². The number of hydrogen-bond donors (Lipinski definition) is 0. The van der Waals surface area contributed by atoms with Gasteiger partial charge in [-0.2, -0.15) is 0 Å². The Hall–Kier alpha value is -2.61. The molecule has 356 valence electrons. The van der Waals surface area contributed by atoms with E-state index in [1.807, 2.05) is 0 Å². The van der Waals surface area contributed by atoms with Gasteiger partial charge in [0.05, 0.1) is 22.8 Å². The third-order valence-electron chi connectivity index (χ3n) is 12.4. The van der Waals surface area contributed by atoms with Crippen molar-refractivity contribution < 1.29 is 16.5 Å². The summed E-state index contributed by atoms with van der Waals surface area (Å²) in [7, 11) is 0. The van der Waals surface area contributed by atoms with Crippen LogP contribution in [0.5, 0.6) is 0 Å². The molecule has 0 amide bonds. The first kappa shape index (κ1) is 58.4. The zero-order valence-electron chi connectivity index (χ0n) is 41.7. The van der Waals surface area contributed by atoms with E-state index in [1.165, 1.54) is 183 Å². The molecule has 0 aliphatic rings. The minimum Gasteiger partial charge on any atom is -0.251 e. The number of aryl methyl sites for hydroxylation is 2. The van der Waals surface area contributed by atoms with Gasteiger partial charge in [-0.15, -0.1) is 23.7 Å². The molecule has 0 heterocycles. The van der Waals surface area contributed by atoms with Crippen molar-refractivity contribution in [1.29, 1.82) is 0 Å². The average Bonchev–Trinajstić information content (AvgIpc) is 3.29. The second-order valence-corrected chi connectivity index (χ2v) is 18.3. The summed E-state index contributed by atoms with van der Waals surface area (Å²) in [6, 6.07) is 17.7. The molecule has 0 N–H and O–H groups in total. The van der Waals surface area contributed by atoms with Gasteiger partial charge in [0.1, 0.15) is 0 Å². The van der Waals surface area contributed by atoms with E-state index in [1.54, 1.807) is 0 Å². The second kappa shape index (κ2) is 44.6. The number of hydrogen-bond acceptors (Lipinski definition) is 2. The summed E-state index contributed by atoms with van der Waals surface area (Å²) in [6.45, 7) is 9.18. The van der Waals surface area contributed by atoms with Crippen LogP contribution in [-0.4, -0.2) is 11.4 Å². The van der Waals surface area contributed by atoms with Crippen molar-refractivity contribution in [3.05, 3.63) is 59.7 Å². The Morgan fingerprint density at radius 3 is 0.984 bits per heavy atom. The van der Waals surface area contributed by atoms with E-state index >= 15 is 0 Å². The second-order valence-electron chi connectivity index (χ2n) is 18.3. The van der Waals surface area contributed by atoms with Gasteiger partial charge in [-0.1, -0.05) is 218 Å². The van der Waals surface area contributed by atoms with Crippen LogP contribution in [-0.2, 0) is 29.3 Å². The molecule has 2 aromatic carbocycles. The van der Waals surface area contributed by atoms with E-state index in [4.69, 9.17) is 9.98 Å². The first-order chi connectivity index (χ1) is 30.7. The van der Waals surface area contributed by atoms with E-state index in [0.717, 1.165) is 94.8 Å². The Bertz CT molecular complexity index is 1530. The molecule has 0 bridgehead atoms. The molecule has 63 heavy (non-hydrogen) atoms. The largest absolute Gasteiger partial charge is 0.251 e. The zero-order valence-corrected chi connectivity index (χ0v) is 42.7. The van der Waals surface area contributed by atoms with Crippen molar-refractivity contribution in [2.24, 2.45) is 9.98 Å². The standard InChI is InChI=1S/C60H96N2.Ni/c1-5-9-13-16-18-20-22-24-26-28-30-32-34-36-38-40-47-55-49-43-45-52-57(55)61-59(51-12-8-4)60(54-42-15-11-7-3)62-58-53-46-44-50-56(58)48-41-39-37-35-33-31-29-27-25-23-21-19-17-14-10-6-2;/h43-46,49-50,52-53H,5-33,38-42,47-48,51,54H2,1-4H3;/b61-59+,62-60-;. The summed E-state index contributed by atoms with van der Waals surface area (Å²) in [5.74, 6) is 14.0. The van der Waals surface area contributed by atoms with Crippen LogP contribution in [0.1, 0.15) is 270 Å². The monoisotopic (exact) mass is 903 g/mol. The molecule has 0 saturated carbocycles. The summed E-state index contributed by atoms with van der Waals surface area (Å²) >= 11 is 0. The van der Waals surface area contributed by atoms with E-state index < -0.39 is 0 Å². The fraction of sp³-hybridized carbons (Fsp3) is 0.700. The Kier molecular flexibility index (Phi) is 41.3. The SMILES string of the molecule is CCCCCCCCCCCCCC#CCCCc1ccccc1/N=C(CCCCCC)\C(CCCC)=N\c1ccccc1CCCC#CCCCCCCCCCCCCC.[Ni]. The first-order valence-corrected chi connectivity index (χ1v) is 27.0. The fourth-order valence-electron chi connectivity index (χ4n) is 8.39. The van der Waals surface area contributed by atoms with Crippen molar-refractivity contribution >= 4 is 22.8 Å². The number of benzene rings is 2. The van der Waals surface area contributed by atoms with E-state index in [-0.39, 0.29) is 16.5 Å². The van der Waals surface area contributed by atoms with Crippen LogP contribution in [0.4, 0.5) is 11.4 Å². The van der Waals surface area contributed by atoms with Gasteiger partial charge in [-0.05, 0) is 87.5 Å². The summed E-state index contributed by atoms with van der Waals surface area (Å²) in [6.07, 6.45) is 47.9. The molecule has 0 spiro atoms. The van der Waals surface area contributed by atoms with Gasteiger partial charge in [-0.25, -0.2) is 0 Å². The van der Waals surface area contributed by atoms with Crippen molar-refractivity contribution in [3.8, 4) is 23.7 Å². The molecule has 0 saturated heterocycles. The molecule has 3 heteroatoms. The van der Waals surface area contributed by atoms with Gasteiger partial charge in [0.25, 0.3) is 0 Å². The maximum Gasteiger partial charge on any atom is 0.0665 e. The van der Waals surface area contributed by atoms with Crippen molar-refractivity contribution in [1.82, 2.24) is 0 Å². The van der Waals surface area contributed by atoms with Crippen LogP contribution >= 0.6 is 0 Å². The Balaban J connectivity index is 0.0000198. The Morgan fingerprint density at radius 1 is 0.333 bits per heavy atom. The molecule has 0 aliphatic heterocycles. The average molecular weight is 904 g/mol. The van der Waals surface area contributed by atoms with Crippen LogP contribution in [0.15, 0.2) is 58.5 Å². The molecule has 2 rings (SSSR count). The molecule has 0 aromatic heterocycles. The van der Waals surface area contributed by atoms with Gasteiger partial charge < -0.3 is 0 Å². The fourth-order valence-corrected chi connectivity index (χ4v) is 8.39. The molecule has 2 aromatic rings. The van der Waals surface area contributed by atoms with Gasteiger partial charge in [0.15, 0.2) is 0 Å². The van der Waals surface area contributed by atoms with Gasteiger partial charge in [0.2, 0.25) is 0 Å². The van der Waals surface area contributed by atoms with Crippen molar-refractivity contribution in [2.45, 2.75) is 272 Å². The molecule has 0 atom stereocenters. The number of aliphatic imine (C=N–C) groups is 2.